The van der Waals surface area contributed by atoms with Gasteiger partial charge in [0.05, 0.1) is 0 Å². The molecule has 0 bridgehead atoms. The van der Waals surface area contributed by atoms with Crippen molar-refractivity contribution in [1.29, 1.82) is 0 Å². The van der Waals surface area contributed by atoms with Crippen LogP contribution >= 0.6 is 11.6 Å². The van der Waals surface area contributed by atoms with Gasteiger partial charge in [0, 0.05) is 16.1 Å². The molecule has 13 heavy (non-hydrogen) atoms. The lowest BCUT2D eigenvalue weighted by Gasteiger charge is -2.14. The van der Waals surface area contributed by atoms with Crippen molar-refractivity contribution in [2.24, 2.45) is 5.73 Å². The van der Waals surface area contributed by atoms with E-state index in [0.29, 0.717) is 10.6 Å². The number of nitrogens with two attached hydrogens (primary N) is 1. The summed E-state index contributed by atoms with van der Waals surface area (Å²) in [7, 11) is 0. The van der Waals surface area contributed by atoms with Gasteiger partial charge in [-0.15, -0.1) is 0 Å². The SMILES string of the molecule is NC1(c2cccc(Cl)c2CF)CC1. The van der Waals surface area contributed by atoms with Crippen LogP contribution < -0.4 is 5.73 Å². The monoisotopic (exact) mass is 199 g/mol. The Hall–Kier alpha value is -0.600. The molecule has 1 nitrogen and oxygen atoms in total. The summed E-state index contributed by atoms with van der Waals surface area (Å²) in [5.41, 5.74) is 7.13. The highest BCUT2D eigenvalue weighted by atomic mass is 35.5. The Morgan fingerprint density at radius 3 is 2.69 bits per heavy atom. The normalized spacial score (nSPS) is 18.7. The Morgan fingerprint density at radius 1 is 1.46 bits per heavy atom. The van der Waals surface area contributed by atoms with Crippen LogP contribution in [0.2, 0.25) is 5.02 Å². The van der Waals surface area contributed by atoms with E-state index in [1.807, 2.05) is 12.1 Å². The van der Waals surface area contributed by atoms with Gasteiger partial charge in [-0.05, 0) is 24.5 Å². The minimum absolute atomic E-state index is 0.299. The quantitative estimate of drug-likeness (QED) is 0.779. The van der Waals surface area contributed by atoms with Gasteiger partial charge in [0.2, 0.25) is 0 Å². The molecule has 0 amide bonds. The zero-order chi connectivity index (χ0) is 9.47. The van der Waals surface area contributed by atoms with E-state index in [1.54, 1.807) is 6.07 Å². The molecule has 1 aliphatic carbocycles. The van der Waals surface area contributed by atoms with Gasteiger partial charge in [-0.1, -0.05) is 23.7 Å². The summed E-state index contributed by atoms with van der Waals surface area (Å²) in [6, 6.07) is 5.39. The molecule has 1 aromatic rings. The molecule has 0 atom stereocenters. The number of hydrogen-bond acceptors (Lipinski definition) is 1. The van der Waals surface area contributed by atoms with Crippen LogP contribution in [0.25, 0.3) is 0 Å². The third-order valence-electron chi connectivity index (χ3n) is 2.58. The van der Waals surface area contributed by atoms with Crippen LogP contribution in [-0.4, -0.2) is 0 Å². The third-order valence-corrected chi connectivity index (χ3v) is 2.93. The second-order valence-corrected chi connectivity index (χ2v) is 3.96. The largest absolute Gasteiger partial charge is 0.321 e. The Morgan fingerprint density at radius 2 is 2.15 bits per heavy atom. The molecule has 0 spiro atoms. The minimum atomic E-state index is -0.534. The summed E-state index contributed by atoms with van der Waals surface area (Å²) in [5.74, 6) is 0. The lowest BCUT2D eigenvalue weighted by molar-refractivity contribution is 0.478. The molecule has 2 N–H and O–H groups in total. The van der Waals surface area contributed by atoms with Crippen molar-refractivity contribution in [2.45, 2.75) is 25.1 Å². The van der Waals surface area contributed by atoms with Crippen LogP contribution in [0, 0.1) is 0 Å². The molecule has 0 unspecified atom stereocenters. The van der Waals surface area contributed by atoms with Crippen LogP contribution in [0.15, 0.2) is 18.2 Å². The van der Waals surface area contributed by atoms with Gasteiger partial charge in [0.15, 0.2) is 0 Å². The van der Waals surface area contributed by atoms with Crippen LogP contribution in [-0.2, 0) is 12.2 Å². The Kier molecular flexibility index (Phi) is 2.05. The molecule has 0 saturated heterocycles. The summed E-state index contributed by atoms with van der Waals surface area (Å²) in [4.78, 5) is 0. The number of rotatable bonds is 2. The van der Waals surface area contributed by atoms with E-state index < -0.39 is 6.67 Å². The van der Waals surface area contributed by atoms with Crippen molar-refractivity contribution >= 4 is 11.6 Å². The van der Waals surface area contributed by atoms with Crippen molar-refractivity contribution in [3.05, 3.63) is 34.3 Å². The highest BCUT2D eigenvalue weighted by Crippen LogP contribution is 2.45. The highest BCUT2D eigenvalue weighted by molar-refractivity contribution is 6.31. The fourth-order valence-electron chi connectivity index (χ4n) is 1.56. The first-order valence-corrected chi connectivity index (χ1v) is 4.68. The van der Waals surface area contributed by atoms with Crippen molar-refractivity contribution in [2.75, 3.05) is 0 Å². The van der Waals surface area contributed by atoms with Crippen LogP contribution in [0.4, 0.5) is 4.39 Å². The number of halogens is 2. The smallest absolute Gasteiger partial charge is 0.116 e. The van der Waals surface area contributed by atoms with E-state index in [0.717, 1.165) is 18.4 Å². The van der Waals surface area contributed by atoms with E-state index in [4.69, 9.17) is 17.3 Å². The molecule has 2 rings (SSSR count). The summed E-state index contributed by atoms with van der Waals surface area (Å²) in [6.45, 7) is -0.534. The second-order valence-electron chi connectivity index (χ2n) is 3.56. The zero-order valence-corrected chi connectivity index (χ0v) is 7.94. The van der Waals surface area contributed by atoms with Gasteiger partial charge in [-0.2, -0.15) is 0 Å². The average Bonchev–Trinajstić information content (AvgIpc) is 2.85. The second kappa shape index (κ2) is 2.96. The molecule has 1 aliphatic rings. The van der Waals surface area contributed by atoms with Crippen molar-refractivity contribution in [3.63, 3.8) is 0 Å². The van der Waals surface area contributed by atoms with Gasteiger partial charge < -0.3 is 5.73 Å². The molecular formula is C10H11ClFN. The molecular weight excluding hydrogens is 189 g/mol. The average molecular weight is 200 g/mol. The third kappa shape index (κ3) is 1.45. The number of benzene rings is 1. The molecule has 1 fully saturated rings. The van der Waals surface area contributed by atoms with Crippen molar-refractivity contribution in [3.8, 4) is 0 Å². The van der Waals surface area contributed by atoms with Crippen LogP contribution in [0.1, 0.15) is 24.0 Å². The maximum atomic E-state index is 12.7. The molecule has 0 aromatic heterocycles. The van der Waals surface area contributed by atoms with Crippen molar-refractivity contribution in [1.82, 2.24) is 0 Å². The predicted octanol–water partition coefficient (Wildman–Crippen LogP) is 2.76. The highest BCUT2D eigenvalue weighted by Gasteiger charge is 2.41. The van der Waals surface area contributed by atoms with Gasteiger partial charge in [-0.3, -0.25) is 0 Å². The molecule has 0 radical (unpaired) electrons. The zero-order valence-electron chi connectivity index (χ0n) is 7.19. The van der Waals surface area contributed by atoms with E-state index in [2.05, 4.69) is 0 Å². The first-order chi connectivity index (χ1) is 6.17. The fraction of sp³-hybridized carbons (Fsp3) is 0.400. The van der Waals surface area contributed by atoms with Gasteiger partial charge >= 0.3 is 0 Å². The van der Waals surface area contributed by atoms with E-state index in [1.165, 1.54) is 0 Å². The molecule has 3 heteroatoms. The molecule has 70 valence electrons. The number of hydrogen-bond donors (Lipinski definition) is 1. The first kappa shape index (κ1) is 8.97. The molecule has 0 aliphatic heterocycles. The topological polar surface area (TPSA) is 26.0 Å². The summed E-state index contributed by atoms with van der Waals surface area (Å²) in [5, 5.41) is 0.483. The molecule has 1 saturated carbocycles. The van der Waals surface area contributed by atoms with Crippen LogP contribution in [0.3, 0.4) is 0 Å². The number of alkyl halides is 1. The minimum Gasteiger partial charge on any atom is -0.321 e. The Labute approximate surface area is 81.7 Å². The van der Waals surface area contributed by atoms with Crippen molar-refractivity contribution < 1.29 is 4.39 Å². The summed E-state index contributed by atoms with van der Waals surface area (Å²) < 4.78 is 12.7. The van der Waals surface area contributed by atoms with Gasteiger partial charge in [-0.25, -0.2) is 4.39 Å². The summed E-state index contributed by atoms with van der Waals surface area (Å²) in [6.07, 6.45) is 1.86. The fourth-order valence-corrected chi connectivity index (χ4v) is 1.79. The Bertz CT molecular complexity index is 334. The standard InChI is InChI=1S/C10H11ClFN/c11-9-3-1-2-8(7(9)6-12)10(13)4-5-10/h1-3H,4-6,13H2. The van der Waals surface area contributed by atoms with Gasteiger partial charge in [0.1, 0.15) is 6.67 Å². The molecule has 1 aromatic carbocycles. The van der Waals surface area contributed by atoms with E-state index >= 15 is 0 Å². The van der Waals surface area contributed by atoms with Crippen LogP contribution in [0.5, 0.6) is 0 Å². The van der Waals surface area contributed by atoms with Gasteiger partial charge in [0.25, 0.3) is 0 Å². The van der Waals surface area contributed by atoms with E-state index in [-0.39, 0.29) is 5.54 Å². The lowest BCUT2D eigenvalue weighted by atomic mass is 10.00. The maximum Gasteiger partial charge on any atom is 0.116 e. The first-order valence-electron chi connectivity index (χ1n) is 4.30. The summed E-state index contributed by atoms with van der Waals surface area (Å²) >= 11 is 5.87. The molecule has 0 heterocycles. The predicted molar refractivity (Wildman–Crippen MR) is 51.4 cm³/mol. The maximum absolute atomic E-state index is 12.7. The lowest BCUT2D eigenvalue weighted by Crippen LogP contribution is -2.20. The van der Waals surface area contributed by atoms with E-state index in [9.17, 15) is 4.39 Å². The Balaban J connectivity index is 2.50.